The minimum Gasteiger partial charge on any atom is -0.508 e. The molecule has 2 aromatic carbocycles. The van der Waals surface area contributed by atoms with E-state index in [1.165, 1.54) is 0 Å². The van der Waals surface area contributed by atoms with E-state index in [-0.39, 0.29) is 24.0 Å². The summed E-state index contributed by atoms with van der Waals surface area (Å²) in [4.78, 5) is 23.7. The molecule has 0 aliphatic heterocycles. The fraction of sp³-hybridized carbons (Fsp3) is 0.263. The molecular formula is C19H21BrN2O3. The smallest absolute Gasteiger partial charge is 0.251 e. The lowest BCUT2D eigenvalue weighted by atomic mass is 10.1. The van der Waals surface area contributed by atoms with E-state index in [0.29, 0.717) is 18.7 Å². The molecule has 3 N–H and O–H groups in total. The maximum Gasteiger partial charge on any atom is 0.251 e. The standard InChI is InChI=1S/C19H21BrN2O3/c20-16-7-5-15(6-8-16)19(25)22-13-11-18(24)21-12-1-2-14-3-9-17(23)10-4-14/h3-10,23H,1-2,11-13H2,(H,21,24)(H,22,25). The molecule has 25 heavy (non-hydrogen) atoms. The maximum atomic E-state index is 11.9. The topological polar surface area (TPSA) is 78.4 Å². The van der Waals surface area contributed by atoms with Crippen molar-refractivity contribution in [2.24, 2.45) is 0 Å². The second-order valence-electron chi connectivity index (χ2n) is 5.63. The van der Waals surface area contributed by atoms with E-state index in [2.05, 4.69) is 26.6 Å². The van der Waals surface area contributed by atoms with Gasteiger partial charge in [0.1, 0.15) is 5.75 Å². The van der Waals surface area contributed by atoms with Crippen LogP contribution in [0.5, 0.6) is 5.75 Å². The summed E-state index contributed by atoms with van der Waals surface area (Å²) in [5.74, 6) is -0.0170. The number of aromatic hydroxyl groups is 1. The number of amides is 2. The van der Waals surface area contributed by atoms with Crippen LogP contribution in [-0.4, -0.2) is 30.0 Å². The number of hydrogen-bond acceptors (Lipinski definition) is 3. The molecule has 2 aromatic rings. The third-order valence-corrected chi connectivity index (χ3v) is 4.17. The molecule has 0 aliphatic carbocycles. The van der Waals surface area contributed by atoms with Gasteiger partial charge in [-0.25, -0.2) is 0 Å². The first-order valence-corrected chi connectivity index (χ1v) is 8.92. The first-order valence-electron chi connectivity index (χ1n) is 8.13. The van der Waals surface area contributed by atoms with E-state index in [1.807, 2.05) is 12.1 Å². The van der Waals surface area contributed by atoms with Crippen LogP contribution in [0, 0.1) is 0 Å². The van der Waals surface area contributed by atoms with Crippen molar-refractivity contribution in [2.45, 2.75) is 19.3 Å². The van der Waals surface area contributed by atoms with Gasteiger partial charge in [-0.1, -0.05) is 28.1 Å². The molecule has 0 fully saturated rings. The van der Waals surface area contributed by atoms with Crippen LogP contribution in [0.3, 0.4) is 0 Å². The molecule has 0 bridgehead atoms. The predicted molar refractivity (Wildman–Crippen MR) is 101 cm³/mol. The number of nitrogens with one attached hydrogen (secondary N) is 2. The Morgan fingerprint density at radius 2 is 1.60 bits per heavy atom. The van der Waals surface area contributed by atoms with Crippen LogP contribution in [0.1, 0.15) is 28.8 Å². The molecule has 0 atom stereocenters. The van der Waals surface area contributed by atoms with Gasteiger partial charge in [-0.05, 0) is 54.8 Å². The zero-order chi connectivity index (χ0) is 18.1. The highest BCUT2D eigenvalue weighted by molar-refractivity contribution is 9.10. The molecule has 2 rings (SSSR count). The molecule has 0 aliphatic rings. The van der Waals surface area contributed by atoms with Gasteiger partial charge in [0.15, 0.2) is 0 Å². The number of hydrogen-bond donors (Lipinski definition) is 3. The number of phenolic OH excluding ortho intramolecular Hbond substituents is 1. The average molecular weight is 405 g/mol. The van der Waals surface area contributed by atoms with Crippen LogP contribution in [0.25, 0.3) is 0 Å². The molecule has 0 unspecified atom stereocenters. The van der Waals surface area contributed by atoms with Gasteiger partial charge in [-0.2, -0.15) is 0 Å². The largest absolute Gasteiger partial charge is 0.508 e. The van der Waals surface area contributed by atoms with Crippen LogP contribution in [0.4, 0.5) is 0 Å². The number of carbonyl (C=O) groups excluding carboxylic acids is 2. The van der Waals surface area contributed by atoms with Gasteiger partial charge in [0.2, 0.25) is 5.91 Å². The van der Waals surface area contributed by atoms with Crippen molar-refractivity contribution < 1.29 is 14.7 Å². The van der Waals surface area contributed by atoms with Crippen LogP contribution in [0.15, 0.2) is 53.0 Å². The Hall–Kier alpha value is -2.34. The Labute approximate surface area is 155 Å². The van der Waals surface area contributed by atoms with Crippen molar-refractivity contribution in [2.75, 3.05) is 13.1 Å². The Morgan fingerprint density at radius 1 is 0.920 bits per heavy atom. The van der Waals surface area contributed by atoms with E-state index < -0.39 is 0 Å². The lowest BCUT2D eigenvalue weighted by molar-refractivity contribution is -0.120. The predicted octanol–water partition coefficient (Wildman–Crippen LogP) is 3.02. The van der Waals surface area contributed by atoms with Gasteiger partial charge in [-0.3, -0.25) is 9.59 Å². The number of rotatable bonds is 8. The fourth-order valence-electron chi connectivity index (χ4n) is 2.26. The highest BCUT2D eigenvalue weighted by Crippen LogP contribution is 2.11. The lowest BCUT2D eigenvalue weighted by Gasteiger charge is -2.07. The normalized spacial score (nSPS) is 10.3. The van der Waals surface area contributed by atoms with E-state index in [4.69, 9.17) is 0 Å². The second-order valence-corrected chi connectivity index (χ2v) is 6.55. The van der Waals surface area contributed by atoms with Crippen LogP contribution in [0.2, 0.25) is 0 Å². The first kappa shape index (κ1) is 19.0. The average Bonchev–Trinajstić information content (AvgIpc) is 2.61. The molecule has 132 valence electrons. The Kier molecular flexibility index (Phi) is 7.47. The summed E-state index contributed by atoms with van der Waals surface area (Å²) in [6.07, 6.45) is 1.91. The molecule has 0 radical (unpaired) electrons. The molecule has 6 heteroatoms. The van der Waals surface area contributed by atoms with Crippen LogP contribution in [-0.2, 0) is 11.2 Å². The highest BCUT2D eigenvalue weighted by Gasteiger charge is 2.06. The quantitative estimate of drug-likeness (QED) is 0.591. The molecule has 0 saturated heterocycles. The van der Waals surface area contributed by atoms with E-state index in [0.717, 1.165) is 22.9 Å². The number of phenols is 1. The Bertz CT molecular complexity index is 700. The van der Waals surface area contributed by atoms with Crippen molar-refractivity contribution >= 4 is 27.7 Å². The van der Waals surface area contributed by atoms with Gasteiger partial charge in [-0.15, -0.1) is 0 Å². The summed E-state index contributed by atoms with van der Waals surface area (Å²) in [5, 5.41) is 14.8. The summed E-state index contributed by atoms with van der Waals surface area (Å²) in [5.41, 5.74) is 1.69. The van der Waals surface area contributed by atoms with Crippen molar-refractivity contribution in [1.29, 1.82) is 0 Å². The minimum atomic E-state index is -0.187. The van der Waals surface area contributed by atoms with E-state index in [1.54, 1.807) is 36.4 Å². The first-order chi connectivity index (χ1) is 12.0. The zero-order valence-electron chi connectivity index (χ0n) is 13.8. The number of aryl methyl sites for hydroxylation is 1. The maximum absolute atomic E-state index is 11.9. The third kappa shape index (κ3) is 6.97. The van der Waals surface area contributed by atoms with Crippen LogP contribution >= 0.6 is 15.9 Å². The SMILES string of the molecule is O=C(CCNC(=O)c1ccc(Br)cc1)NCCCc1ccc(O)cc1. The molecule has 0 spiro atoms. The van der Waals surface area contributed by atoms with Crippen molar-refractivity contribution in [3.63, 3.8) is 0 Å². The van der Waals surface area contributed by atoms with Crippen molar-refractivity contribution in [3.05, 3.63) is 64.1 Å². The summed E-state index contributed by atoms with van der Waals surface area (Å²) >= 11 is 3.32. The lowest BCUT2D eigenvalue weighted by Crippen LogP contribution is -2.31. The van der Waals surface area contributed by atoms with Crippen molar-refractivity contribution in [1.82, 2.24) is 10.6 Å². The summed E-state index contributed by atoms with van der Waals surface area (Å²) in [6.45, 7) is 0.888. The summed E-state index contributed by atoms with van der Waals surface area (Å²) < 4.78 is 0.913. The van der Waals surface area contributed by atoms with Crippen molar-refractivity contribution in [3.8, 4) is 5.75 Å². The molecule has 2 amide bonds. The Balaban J connectivity index is 1.58. The molecular weight excluding hydrogens is 384 g/mol. The van der Waals surface area contributed by atoms with E-state index in [9.17, 15) is 14.7 Å². The van der Waals surface area contributed by atoms with Gasteiger partial charge in [0, 0.05) is 29.5 Å². The third-order valence-electron chi connectivity index (χ3n) is 3.64. The Morgan fingerprint density at radius 3 is 2.28 bits per heavy atom. The van der Waals surface area contributed by atoms with Gasteiger partial charge in [0.25, 0.3) is 5.91 Å². The van der Waals surface area contributed by atoms with E-state index >= 15 is 0 Å². The molecule has 0 saturated carbocycles. The van der Waals surface area contributed by atoms with Gasteiger partial charge >= 0.3 is 0 Å². The molecule has 0 aromatic heterocycles. The summed E-state index contributed by atoms with van der Waals surface area (Å²) in [6, 6.07) is 14.1. The number of benzene rings is 2. The van der Waals surface area contributed by atoms with Gasteiger partial charge < -0.3 is 15.7 Å². The summed E-state index contributed by atoms with van der Waals surface area (Å²) in [7, 11) is 0. The van der Waals surface area contributed by atoms with Gasteiger partial charge in [0.05, 0.1) is 0 Å². The van der Waals surface area contributed by atoms with Crippen LogP contribution < -0.4 is 10.6 Å². The second kappa shape index (κ2) is 9.84. The highest BCUT2D eigenvalue weighted by atomic mass is 79.9. The minimum absolute atomic E-state index is 0.0817. The fourth-order valence-corrected chi connectivity index (χ4v) is 2.53. The number of carbonyl (C=O) groups is 2. The molecule has 0 heterocycles. The molecule has 5 nitrogen and oxygen atoms in total. The number of halogens is 1. The monoisotopic (exact) mass is 404 g/mol. The zero-order valence-corrected chi connectivity index (χ0v) is 15.4.